The SMILES string of the molecule is CCCCC1C(=O)N(C)C(CCCC)C(=O)NC(CCCNC(=N)N)C(=O)NC(C(=O)NCC(N)=O)CSCC(=O)NC(Cc2ccc(O)cc2)C(=O)N(C)C(C)C(=O)NC(CC(N)=O)C(=O)N2CCCC2C(=O)NC(CN)C(=O)NC(CC(C)C)C(=O)N2C[C@H](O)CC2C(=O)NC(Cc2c[nH]c3ccccc23)C(=O)NC(CO)C(=O)NC(Cc2c(-c3ccc(F)cc3)[nH]c3ccccc23)C(=O)N1C. The number of hydrogen-bond acceptors (Lipinski definition) is 23. The van der Waals surface area contributed by atoms with E-state index in [1.54, 1.807) is 68.6 Å². The standard InChI is InChI=1S/C94H130FN23O20S/c1-9-11-24-72-86(131)106-63(23-17-35-101-94(99)100)82(127)113-71(81(126)103-45-77(98)123)48-139-49-78(124)104-66(38-52-27-33-56(120)34-28-52)89(134)114(6)51(5)80(125)108-68(42-76(97)122)91(136)117-36-18-26-73(117)87(132)111-69(43-96)84(129)109-65(37-50(3)4)92(137)118-46-57(121)40-75(118)88(133)107-64(39-54-44-102-61-21-15-13-19-58(54)61)83(128)112-70(47-119)85(130)110-67(90(135)116(8)74(25-12-10-2)93(138)115(72)7)41-60-59-20-14-16-22-62(59)105-79(60)53-29-31-55(95)32-30-53/h13-16,19-22,27-34,44,50-51,57,63-75,102,105,119-121H,9-12,17-18,23-26,35-43,45-49,96H2,1-8H3,(H2,97,122)(H2,98,123)(H,103,126)(H,104,124)(H,106,131)(H,107,133)(H,108,125)(H,109,129)(H,110,130)(H,111,132)(H,112,128)(H,113,127)(H4,99,100,101)/t51?,57-,63?,64?,65?,66?,67?,68?,69?,70?,71?,72?,73?,74?,75?/m1/s1. The number of aromatic hydroxyl groups is 1. The number of aromatic amines is 2. The van der Waals surface area contributed by atoms with Crippen molar-refractivity contribution in [3.63, 3.8) is 0 Å². The van der Waals surface area contributed by atoms with Crippen molar-refractivity contribution in [2.75, 3.05) is 72.0 Å². The Bertz CT molecular complexity index is 5410. The number of hydrogen-bond donors (Lipinski definition) is 21. The molecule has 139 heavy (non-hydrogen) atoms. The van der Waals surface area contributed by atoms with Gasteiger partial charge in [-0.3, -0.25) is 86.9 Å². The van der Waals surface area contributed by atoms with E-state index in [-0.39, 0.29) is 95.4 Å². The summed E-state index contributed by atoms with van der Waals surface area (Å²) in [6.45, 7) is 5.19. The minimum atomic E-state index is -1.97. The van der Waals surface area contributed by atoms with Crippen LogP contribution in [0.5, 0.6) is 5.75 Å². The number of unbranched alkanes of at least 4 members (excludes halogenated alkanes) is 2. The zero-order valence-electron chi connectivity index (χ0n) is 79.1. The highest BCUT2D eigenvalue weighted by molar-refractivity contribution is 8.00. The maximum Gasteiger partial charge on any atom is 0.246 e. The first-order valence-corrected chi connectivity index (χ1v) is 47.6. The Labute approximate surface area is 807 Å². The van der Waals surface area contributed by atoms with Gasteiger partial charge in [-0.1, -0.05) is 102 Å². The molecule has 0 saturated carbocycles. The van der Waals surface area contributed by atoms with Crippen molar-refractivity contribution in [2.45, 2.75) is 228 Å². The first-order chi connectivity index (χ1) is 66.1. The van der Waals surface area contributed by atoms with Gasteiger partial charge >= 0.3 is 0 Å². The summed E-state index contributed by atoms with van der Waals surface area (Å²) in [5.74, 6) is -19.2. The lowest BCUT2D eigenvalue weighted by Gasteiger charge is -2.36. The molecule has 0 radical (unpaired) electrons. The highest BCUT2D eigenvalue weighted by Crippen LogP contribution is 2.34. The van der Waals surface area contributed by atoms with E-state index in [1.807, 2.05) is 13.8 Å². The minimum absolute atomic E-state index is 0.0113. The van der Waals surface area contributed by atoms with Crippen molar-refractivity contribution >= 4 is 140 Å². The van der Waals surface area contributed by atoms with E-state index in [1.165, 1.54) is 76.6 Å². The van der Waals surface area contributed by atoms with Gasteiger partial charge in [-0.2, -0.15) is 0 Å². The number of likely N-dealkylation sites (N-methyl/N-ethyl adjacent to an activating group) is 3. The second-order valence-electron chi connectivity index (χ2n) is 35.6. The van der Waals surface area contributed by atoms with Crippen LogP contribution in [0.4, 0.5) is 4.39 Å². The third kappa shape index (κ3) is 29.9. The van der Waals surface area contributed by atoms with Crippen LogP contribution in [-0.2, 0) is 101 Å². The molecule has 754 valence electrons. The Morgan fingerprint density at radius 3 is 1.78 bits per heavy atom. The molecule has 15 atom stereocenters. The van der Waals surface area contributed by atoms with E-state index in [0.29, 0.717) is 62.6 Å². The Hall–Kier alpha value is -13.8. The molecule has 6 aromatic rings. The molecule has 3 aliphatic rings. The number of nitrogens with one attached hydrogen (secondary N) is 14. The van der Waals surface area contributed by atoms with E-state index in [4.69, 9.17) is 28.3 Å². The molecule has 2 aromatic heterocycles. The number of carbonyl (C=O) groups is 17. The number of phenols is 1. The molecule has 0 aliphatic carbocycles. The summed E-state index contributed by atoms with van der Waals surface area (Å²) in [5.41, 5.74) is 26.2. The third-order valence-electron chi connectivity index (χ3n) is 24.8. The monoisotopic (exact) mass is 1950 g/mol. The van der Waals surface area contributed by atoms with Crippen LogP contribution in [0.15, 0.2) is 103 Å². The average Bonchev–Trinajstić information content (AvgIpc) is 1.62. The maximum absolute atomic E-state index is 16.2. The maximum atomic E-state index is 16.2. The average molecular weight is 1950 g/mol. The van der Waals surface area contributed by atoms with Crippen LogP contribution in [0.2, 0.25) is 0 Å². The largest absolute Gasteiger partial charge is 0.508 e. The molecule has 17 amide bonds. The molecular formula is C94H130FN23O20S. The number of fused-ring (bicyclic) bond motifs is 4. The second kappa shape index (κ2) is 51.6. The normalized spacial score (nSPS) is 24.4. The van der Waals surface area contributed by atoms with Gasteiger partial charge in [-0.05, 0) is 129 Å². The van der Waals surface area contributed by atoms with Gasteiger partial charge in [0.05, 0.1) is 31.4 Å². The zero-order chi connectivity index (χ0) is 102. The number of carbonyl (C=O) groups excluding carboxylic acids is 17. The number of nitrogens with zero attached hydrogens (tertiary/aromatic N) is 5. The van der Waals surface area contributed by atoms with Gasteiger partial charge in [0.25, 0.3) is 0 Å². The van der Waals surface area contributed by atoms with Gasteiger partial charge < -0.3 is 131 Å². The molecule has 4 aromatic carbocycles. The van der Waals surface area contributed by atoms with Crippen LogP contribution in [0, 0.1) is 17.1 Å². The number of nitrogens with two attached hydrogens (primary N) is 4. The molecule has 0 bridgehead atoms. The summed E-state index contributed by atoms with van der Waals surface area (Å²) in [4.78, 5) is 262. The summed E-state index contributed by atoms with van der Waals surface area (Å²) in [6.07, 6.45) is -0.944. The zero-order valence-corrected chi connectivity index (χ0v) is 80.0. The fourth-order valence-corrected chi connectivity index (χ4v) is 18.0. The predicted molar refractivity (Wildman–Crippen MR) is 512 cm³/mol. The molecule has 3 fully saturated rings. The van der Waals surface area contributed by atoms with Gasteiger partial charge in [0.1, 0.15) is 96.2 Å². The van der Waals surface area contributed by atoms with Crippen LogP contribution >= 0.6 is 11.8 Å². The van der Waals surface area contributed by atoms with Crippen LogP contribution < -0.4 is 81.4 Å². The van der Waals surface area contributed by atoms with Gasteiger partial charge in [-0.25, -0.2) is 4.39 Å². The van der Waals surface area contributed by atoms with Crippen LogP contribution in [-0.4, -0.2) is 319 Å². The van der Waals surface area contributed by atoms with E-state index in [2.05, 4.69) is 68.5 Å². The Morgan fingerprint density at radius 2 is 1.14 bits per heavy atom. The highest BCUT2D eigenvalue weighted by atomic mass is 32.2. The van der Waals surface area contributed by atoms with E-state index in [9.17, 15) is 62.9 Å². The number of primary amides is 2. The lowest BCUT2D eigenvalue weighted by atomic mass is 9.96. The fraction of sp³-hybridized carbons (Fsp3) is 0.511. The van der Waals surface area contributed by atoms with Crippen molar-refractivity contribution in [2.24, 2.45) is 28.9 Å². The van der Waals surface area contributed by atoms with Gasteiger partial charge in [0, 0.05) is 112 Å². The topological polar surface area (TPSA) is 659 Å². The molecule has 14 unspecified atom stereocenters. The summed E-state index contributed by atoms with van der Waals surface area (Å²) in [7, 11) is 3.84. The fourth-order valence-electron chi connectivity index (χ4n) is 17.2. The first-order valence-electron chi connectivity index (χ1n) is 46.5. The van der Waals surface area contributed by atoms with Crippen LogP contribution in [0.3, 0.4) is 0 Å². The number of benzene rings is 4. The molecule has 25 N–H and O–H groups in total. The summed E-state index contributed by atoms with van der Waals surface area (Å²) >= 11 is 0.747. The molecule has 3 aliphatic heterocycles. The van der Waals surface area contributed by atoms with Crippen molar-refractivity contribution in [1.82, 2.24) is 93.0 Å². The summed E-state index contributed by atoms with van der Waals surface area (Å²) < 4.78 is 14.8. The minimum Gasteiger partial charge on any atom is -0.508 e. The summed E-state index contributed by atoms with van der Waals surface area (Å²) in [5, 5.41) is 70.8. The number of rotatable bonds is 26. The molecule has 9 rings (SSSR count). The molecule has 0 spiro atoms. The van der Waals surface area contributed by atoms with E-state index in [0.717, 1.165) is 36.3 Å². The quantitative estimate of drug-likeness (QED) is 0.0157. The highest BCUT2D eigenvalue weighted by Gasteiger charge is 2.47. The van der Waals surface area contributed by atoms with Crippen LogP contribution in [0.1, 0.15) is 135 Å². The van der Waals surface area contributed by atoms with Gasteiger partial charge in [0.2, 0.25) is 100 Å². The number of phenolic OH excluding ortho intramolecular Hbond substituents is 1. The predicted octanol–water partition coefficient (Wildman–Crippen LogP) is -2.13. The van der Waals surface area contributed by atoms with Gasteiger partial charge in [0.15, 0.2) is 5.96 Å². The Balaban J connectivity index is 1.12. The third-order valence-corrected chi connectivity index (χ3v) is 25.9. The van der Waals surface area contributed by atoms with Crippen molar-refractivity contribution < 1.29 is 101 Å². The smallest absolute Gasteiger partial charge is 0.246 e. The van der Waals surface area contributed by atoms with Crippen molar-refractivity contribution in [3.8, 4) is 17.0 Å². The Kier molecular flexibility index (Phi) is 40.4. The number of aliphatic hydroxyl groups excluding tert-OH is 2. The number of guanidine groups is 1. The van der Waals surface area contributed by atoms with E-state index >= 15 is 38.4 Å². The van der Waals surface area contributed by atoms with Gasteiger partial charge in [-0.15, -0.1) is 11.8 Å². The molecular weight excluding hydrogens is 1820 g/mol. The Morgan fingerprint density at radius 1 is 0.568 bits per heavy atom. The lowest BCUT2D eigenvalue weighted by Crippen LogP contribution is -2.62. The van der Waals surface area contributed by atoms with Crippen molar-refractivity contribution in [1.29, 1.82) is 5.41 Å². The molecule has 3 saturated heterocycles. The van der Waals surface area contributed by atoms with E-state index < -0.39 is 260 Å². The number of H-pyrrole nitrogens is 2. The first kappa shape index (κ1) is 109. The number of aliphatic hydroxyl groups is 2. The van der Waals surface area contributed by atoms with Crippen molar-refractivity contribution in [3.05, 3.63) is 126 Å². The number of aromatic nitrogens is 2. The number of para-hydroxylation sites is 2. The number of thioether (sulfide) groups is 1. The molecule has 43 nitrogen and oxygen atoms in total. The van der Waals surface area contributed by atoms with Crippen LogP contribution in [0.25, 0.3) is 33.1 Å². The summed E-state index contributed by atoms with van der Waals surface area (Å²) in [6, 6.07) is 2.34. The number of amides is 17. The molecule has 5 heterocycles. The second-order valence-corrected chi connectivity index (χ2v) is 36.6. The number of halogens is 1. The molecule has 45 heteroatoms. The lowest BCUT2D eigenvalue weighted by molar-refractivity contribution is -0.149.